The molecule has 0 heterocycles. The summed E-state index contributed by atoms with van der Waals surface area (Å²) in [7, 11) is 0. The summed E-state index contributed by atoms with van der Waals surface area (Å²) < 4.78 is 24.4. The van der Waals surface area contributed by atoms with Crippen molar-refractivity contribution in [2.75, 3.05) is 39.3 Å². The number of rotatable bonds is 8. The van der Waals surface area contributed by atoms with Crippen LogP contribution in [0.25, 0.3) is 0 Å². The van der Waals surface area contributed by atoms with E-state index in [0.29, 0.717) is 19.6 Å². The number of likely N-dealkylation sites (N-methyl/N-ethyl adjacent to an activating group) is 1. The van der Waals surface area contributed by atoms with E-state index in [1.54, 1.807) is 4.90 Å². The zero-order chi connectivity index (χ0) is 12.6. The number of hydrogen-bond donors (Lipinski definition) is 1. The highest BCUT2D eigenvalue weighted by Gasteiger charge is 2.17. The Kier molecular flexibility index (Phi) is 8.01. The van der Waals surface area contributed by atoms with Crippen LogP contribution in [0.15, 0.2) is 0 Å². The van der Waals surface area contributed by atoms with E-state index in [2.05, 4.69) is 0 Å². The molecule has 0 saturated heterocycles. The van der Waals surface area contributed by atoms with E-state index in [9.17, 15) is 13.6 Å². The van der Waals surface area contributed by atoms with Gasteiger partial charge in [0.25, 0.3) is 6.43 Å². The Balaban J connectivity index is 4.20. The molecule has 0 aromatic carbocycles. The summed E-state index contributed by atoms with van der Waals surface area (Å²) >= 11 is 0. The van der Waals surface area contributed by atoms with Gasteiger partial charge in [-0.15, -0.1) is 0 Å². The molecule has 0 spiro atoms. The van der Waals surface area contributed by atoms with Gasteiger partial charge < -0.3 is 10.6 Å². The molecular formula is C10H21F2N3O. The van der Waals surface area contributed by atoms with Crippen LogP contribution < -0.4 is 5.73 Å². The standard InChI is InChI=1S/C10H21F2N3O/c1-3-15(4-2)10(16)8-14(6-5-13)7-9(11)12/h9H,3-8,13H2,1-2H3. The lowest BCUT2D eigenvalue weighted by molar-refractivity contribution is -0.132. The van der Waals surface area contributed by atoms with Gasteiger partial charge in [0, 0.05) is 26.2 Å². The fourth-order valence-corrected chi connectivity index (χ4v) is 1.48. The number of halogens is 2. The first-order valence-corrected chi connectivity index (χ1v) is 5.53. The average molecular weight is 237 g/mol. The molecule has 6 heteroatoms. The maximum atomic E-state index is 12.2. The first-order valence-electron chi connectivity index (χ1n) is 5.53. The molecule has 0 aliphatic rings. The molecular weight excluding hydrogens is 216 g/mol. The SMILES string of the molecule is CCN(CC)C(=O)CN(CCN)CC(F)F. The van der Waals surface area contributed by atoms with Crippen molar-refractivity contribution >= 4 is 5.91 Å². The van der Waals surface area contributed by atoms with E-state index < -0.39 is 13.0 Å². The fourth-order valence-electron chi connectivity index (χ4n) is 1.48. The molecule has 2 N–H and O–H groups in total. The smallest absolute Gasteiger partial charge is 0.251 e. The molecule has 0 fully saturated rings. The monoisotopic (exact) mass is 237 g/mol. The van der Waals surface area contributed by atoms with Crippen molar-refractivity contribution in [1.82, 2.24) is 9.80 Å². The Morgan fingerprint density at radius 1 is 1.31 bits per heavy atom. The van der Waals surface area contributed by atoms with Gasteiger partial charge in [-0.05, 0) is 13.8 Å². The normalized spacial score (nSPS) is 11.2. The lowest BCUT2D eigenvalue weighted by atomic mass is 10.4. The number of alkyl halides is 2. The summed E-state index contributed by atoms with van der Waals surface area (Å²) in [6.07, 6.45) is -2.43. The molecule has 0 unspecified atom stereocenters. The van der Waals surface area contributed by atoms with E-state index in [0.717, 1.165) is 0 Å². The van der Waals surface area contributed by atoms with E-state index in [1.165, 1.54) is 4.90 Å². The molecule has 0 radical (unpaired) electrons. The van der Waals surface area contributed by atoms with E-state index >= 15 is 0 Å². The third-order valence-electron chi connectivity index (χ3n) is 2.32. The van der Waals surface area contributed by atoms with E-state index in [1.807, 2.05) is 13.8 Å². The predicted octanol–water partition coefficient (Wildman–Crippen LogP) is 0.381. The molecule has 4 nitrogen and oxygen atoms in total. The van der Waals surface area contributed by atoms with Gasteiger partial charge in [-0.1, -0.05) is 0 Å². The Labute approximate surface area is 95.4 Å². The van der Waals surface area contributed by atoms with E-state index in [4.69, 9.17) is 5.73 Å². The van der Waals surface area contributed by atoms with Gasteiger partial charge in [0.05, 0.1) is 13.1 Å². The topological polar surface area (TPSA) is 49.6 Å². The van der Waals surface area contributed by atoms with Crippen molar-refractivity contribution < 1.29 is 13.6 Å². The summed E-state index contributed by atoms with van der Waals surface area (Å²) in [5.41, 5.74) is 5.31. The van der Waals surface area contributed by atoms with Crippen LogP contribution >= 0.6 is 0 Å². The zero-order valence-electron chi connectivity index (χ0n) is 9.96. The molecule has 0 rings (SSSR count). The molecule has 0 bridgehead atoms. The second-order valence-corrected chi connectivity index (χ2v) is 3.48. The van der Waals surface area contributed by atoms with E-state index in [-0.39, 0.29) is 19.0 Å². The Morgan fingerprint density at radius 3 is 2.25 bits per heavy atom. The van der Waals surface area contributed by atoms with Crippen LogP contribution in [-0.4, -0.2) is 61.4 Å². The summed E-state index contributed by atoms with van der Waals surface area (Å²) in [4.78, 5) is 14.7. The summed E-state index contributed by atoms with van der Waals surface area (Å²) in [5, 5.41) is 0. The lowest BCUT2D eigenvalue weighted by Crippen LogP contribution is -2.43. The number of nitrogens with two attached hydrogens (primary N) is 1. The fraction of sp³-hybridized carbons (Fsp3) is 0.900. The largest absolute Gasteiger partial charge is 0.342 e. The third-order valence-corrected chi connectivity index (χ3v) is 2.32. The number of carbonyl (C=O) groups excluding carboxylic acids is 1. The highest BCUT2D eigenvalue weighted by atomic mass is 19.3. The maximum Gasteiger partial charge on any atom is 0.251 e. The highest BCUT2D eigenvalue weighted by Crippen LogP contribution is 1.99. The minimum atomic E-state index is -2.43. The van der Waals surface area contributed by atoms with Crippen molar-refractivity contribution in [1.29, 1.82) is 0 Å². The molecule has 0 aliphatic heterocycles. The van der Waals surface area contributed by atoms with Crippen LogP contribution in [0.5, 0.6) is 0 Å². The number of carbonyl (C=O) groups is 1. The molecule has 16 heavy (non-hydrogen) atoms. The number of hydrogen-bond acceptors (Lipinski definition) is 3. The van der Waals surface area contributed by atoms with Gasteiger partial charge in [-0.2, -0.15) is 0 Å². The number of amides is 1. The third kappa shape index (κ3) is 5.97. The summed E-state index contributed by atoms with van der Waals surface area (Å²) in [5.74, 6) is -0.126. The van der Waals surface area contributed by atoms with Crippen LogP contribution in [0.3, 0.4) is 0 Å². The second-order valence-electron chi connectivity index (χ2n) is 3.48. The first-order chi connectivity index (χ1) is 7.54. The predicted molar refractivity (Wildman–Crippen MR) is 59.4 cm³/mol. The quantitative estimate of drug-likeness (QED) is 0.664. The van der Waals surface area contributed by atoms with Crippen molar-refractivity contribution in [3.8, 4) is 0 Å². The van der Waals surface area contributed by atoms with Gasteiger partial charge in [-0.25, -0.2) is 8.78 Å². The molecule has 0 saturated carbocycles. The van der Waals surface area contributed by atoms with Crippen molar-refractivity contribution in [3.05, 3.63) is 0 Å². The second kappa shape index (κ2) is 8.41. The Hall–Kier alpha value is -0.750. The Bertz CT molecular complexity index is 199. The van der Waals surface area contributed by atoms with Gasteiger partial charge >= 0.3 is 0 Å². The molecule has 0 aromatic rings. The molecule has 96 valence electrons. The maximum absolute atomic E-state index is 12.2. The van der Waals surface area contributed by atoms with Crippen LogP contribution in [0.2, 0.25) is 0 Å². The van der Waals surface area contributed by atoms with Crippen molar-refractivity contribution in [3.63, 3.8) is 0 Å². The lowest BCUT2D eigenvalue weighted by Gasteiger charge is -2.25. The molecule has 0 aromatic heterocycles. The molecule has 0 aliphatic carbocycles. The highest BCUT2D eigenvalue weighted by molar-refractivity contribution is 5.78. The first kappa shape index (κ1) is 15.2. The van der Waals surface area contributed by atoms with Gasteiger partial charge in [0.2, 0.25) is 5.91 Å². The van der Waals surface area contributed by atoms with Gasteiger partial charge in [-0.3, -0.25) is 9.69 Å². The van der Waals surface area contributed by atoms with Crippen LogP contribution in [0.1, 0.15) is 13.8 Å². The van der Waals surface area contributed by atoms with Crippen LogP contribution in [-0.2, 0) is 4.79 Å². The average Bonchev–Trinajstić information content (AvgIpc) is 2.18. The Morgan fingerprint density at radius 2 is 1.88 bits per heavy atom. The van der Waals surface area contributed by atoms with Crippen LogP contribution in [0, 0.1) is 0 Å². The van der Waals surface area contributed by atoms with Crippen molar-refractivity contribution in [2.24, 2.45) is 5.73 Å². The zero-order valence-corrected chi connectivity index (χ0v) is 9.96. The minimum Gasteiger partial charge on any atom is -0.342 e. The van der Waals surface area contributed by atoms with Gasteiger partial charge in [0.15, 0.2) is 0 Å². The summed E-state index contributed by atoms with van der Waals surface area (Å²) in [6, 6.07) is 0. The van der Waals surface area contributed by atoms with Crippen molar-refractivity contribution in [2.45, 2.75) is 20.3 Å². The number of nitrogens with zero attached hydrogens (tertiary/aromatic N) is 2. The van der Waals surface area contributed by atoms with Gasteiger partial charge in [0.1, 0.15) is 0 Å². The van der Waals surface area contributed by atoms with Crippen LogP contribution in [0.4, 0.5) is 8.78 Å². The minimum absolute atomic E-state index is 0.0171. The molecule has 1 amide bonds. The molecule has 0 atom stereocenters. The summed E-state index contributed by atoms with van der Waals surface area (Å²) in [6.45, 7) is 5.13.